The molecule has 0 aliphatic carbocycles. The van der Waals surface area contributed by atoms with E-state index >= 15 is 0 Å². The van der Waals surface area contributed by atoms with E-state index in [2.05, 4.69) is 4.98 Å². The van der Waals surface area contributed by atoms with E-state index in [9.17, 15) is 13.2 Å². The topological polar surface area (TPSA) is 38.9 Å². The molecule has 1 rings (SSSR count). The zero-order valence-electron chi connectivity index (χ0n) is 9.30. The number of hydrogen-bond acceptors (Lipinski definition) is 2. The van der Waals surface area contributed by atoms with Crippen molar-refractivity contribution >= 4 is 0 Å². The fraction of sp³-hybridized carbons (Fsp3) is 0.545. The number of nitrogens with zero attached hydrogens (tertiary/aromatic N) is 1. The summed E-state index contributed by atoms with van der Waals surface area (Å²) in [5.74, 6) is 0. The van der Waals surface area contributed by atoms with Crippen LogP contribution in [-0.4, -0.2) is 10.5 Å². The maximum Gasteiger partial charge on any atom is 0.418 e. The number of halogens is 3. The van der Waals surface area contributed by atoms with Crippen LogP contribution in [0.3, 0.4) is 0 Å². The van der Waals surface area contributed by atoms with Crippen molar-refractivity contribution in [3.63, 3.8) is 0 Å². The minimum absolute atomic E-state index is 0.251. The van der Waals surface area contributed by atoms with Gasteiger partial charge in [-0.1, -0.05) is 0 Å². The molecule has 0 aliphatic heterocycles. The summed E-state index contributed by atoms with van der Waals surface area (Å²) < 4.78 is 37.8. The molecule has 1 aromatic heterocycles. The number of nitrogens with two attached hydrogens (primary N) is 1. The van der Waals surface area contributed by atoms with Crippen molar-refractivity contribution in [2.45, 2.75) is 38.4 Å². The standard InChI is InChI=1S/C11H15F3N2/c1-10(2,15)5-3-8-4-6-16-7-9(8)11(12,13)14/h4,6-7H,3,5,15H2,1-2H3. The molecule has 0 fully saturated rings. The van der Waals surface area contributed by atoms with Gasteiger partial charge in [0.15, 0.2) is 0 Å². The molecule has 0 bridgehead atoms. The van der Waals surface area contributed by atoms with Crippen LogP contribution in [-0.2, 0) is 12.6 Å². The third-order valence-corrected chi connectivity index (χ3v) is 2.26. The lowest BCUT2D eigenvalue weighted by molar-refractivity contribution is -0.138. The van der Waals surface area contributed by atoms with Crippen LogP contribution in [0.25, 0.3) is 0 Å². The molecule has 0 amide bonds. The summed E-state index contributed by atoms with van der Waals surface area (Å²) in [6.45, 7) is 3.59. The average molecular weight is 232 g/mol. The number of rotatable bonds is 3. The van der Waals surface area contributed by atoms with Gasteiger partial charge >= 0.3 is 6.18 Å². The Bertz CT molecular complexity index is 353. The summed E-state index contributed by atoms with van der Waals surface area (Å²) in [6.07, 6.45) is -1.31. The zero-order valence-corrected chi connectivity index (χ0v) is 9.30. The first-order valence-electron chi connectivity index (χ1n) is 4.99. The largest absolute Gasteiger partial charge is 0.418 e. The van der Waals surface area contributed by atoms with Crippen molar-refractivity contribution in [1.82, 2.24) is 4.98 Å². The molecule has 2 nitrogen and oxygen atoms in total. The maximum absolute atomic E-state index is 12.6. The van der Waals surface area contributed by atoms with Gasteiger partial charge in [-0.3, -0.25) is 4.98 Å². The molecule has 0 radical (unpaired) electrons. The fourth-order valence-corrected chi connectivity index (χ4v) is 1.35. The van der Waals surface area contributed by atoms with E-state index in [1.807, 2.05) is 0 Å². The van der Waals surface area contributed by atoms with Crippen molar-refractivity contribution < 1.29 is 13.2 Å². The molecule has 0 unspecified atom stereocenters. The first kappa shape index (κ1) is 13.0. The van der Waals surface area contributed by atoms with Crippen LogP contribution in [0.5, 0.6) is 0 Å². The van der Waals surface area contributed by atoms with E-state index in [0.29, 0.717) is 12.8 Å². The van der Waals surface area contributed by atoms with E-state index in [4.69, 9.17) is 5.73 Å². The first-order chi connectivity index (χ1) is 7.20. The SMILES string of the molecule is CC(C)(N)CCc1ccncc1C(F)(F)F. The summed E-state index contributed by atoms with van der Waals surface area (Å²) >= 11 is 0. The molecule has 0 spiro atoms. The Labute approximate surface area is 92.7 Å². The summed E-state index contributed by atoms with van der Waals surface area (Å²) in [4.78, 5) is 3.50. The maximum atomic E-state index is 12.6. The Hall–Kier alpha value is -1.10. The van der Waals surface area contributed by atoms with Crippen molar-refractivity contribution in [3.8, 4) is 0 Å². The van der Waals surface area contributed by atoms with Gasteiger partial charge in [0.25, 0.3) is 0 Å². The van der Waals surface area contributed by atoms with Gasteiger partial charge in [0, 0.05) is 17.9 Å². The van der Waals surface area contributed by atoms with Crippen LogP contribution < -0.4 is 5.73 Å². The molecule has 2 N–H and O–H groups in total. The van der Waals surface area contributed by atoms with E-state index in [1.54, 1.807) is 13.8 Å². The van der Waals surface area contributed by atoms with E-state index in [0.717, 1.165) is 6.20 Å². The van der Waals surface area contributed by atoms with Gasteiger partial charge in [-0.25, -0.2) is 0 Å². The second-order valence-electron chi connectivity index (χ2n) is 4.52. The highest BCUT2D eigenvalue weighted by molar-refractivity contribution is 5.26. The molecule has 1 heterocycles. The molecule has 0 aromatic carbocycles. The second-order valence-corrected chi connectivity index (χ2v) is 4.52. The summed E-state index contributed by atoms with van der Waals surface area (Å²) in [5, 5.41) is 0. The first-order valence-corrected chi connectivity index (χ1v) is 4.99. The highest BCUT2D eigenvalue weighted by Gasteiger charge is 2.33. The Morgan fingerprint density at radius 1 is 1.31 bits per heavy atom. The minimum Gasteiger partial charge on any atom is -0.326 e. The molecular formula is C11H15F3N2. The average Bonchev–Trinajstić information content (AvgIpc) is 2.12. The van der Waals surface area contributed by atoms with Crippen LogP contribution in [0.4, 0.5) is 13.2 Å². The van der Waals surface area contributed by atoms with Gasteiger partial charge in [0.1, 0.15) is 0 Å². The second kappa shape index (κ2) is 4.41. The Morgan fingerprint density at radius 2 is 1.94 bits per heavy atom. The molecule has 0 atom stereocenters. The monoisotopic (exact) mass is 232 g/mol. The third-order valence-electron chi connectivity index (χ3n) is 2.26. The lowest BCUT2D eigenvalue weighted by Crippen LogP contribution is -2.32. The van der Waals surface area contributed by atoms with Gasteiger partial charge in [0.05, 0.1) is 5.56 Å². The van der Waals surface area contributed by atoms with Gasteiger partial charge < -0.3 is 5.73 Å². The number of aromatic nitrogens is 1. The van der Waals surface area contributed by atoms with Crippen LogP contribution in [0.2, 0.25) is 0 Å². The molecule has 0 saturated heterocycles. The zero-order chi connectivity index (χ0) is 12.4. The Kier molecular flexibility index (Phi) is 3.57. The summed E-state index contributed by atoms with van der Waals surface area (Å²) in [6, 6.07) is 1.40. The van der Waals surface area contributed by atoms with Crippen LogP contribution in [0.1, 0.15) is 31.4 Å². The van der Waals surface area contributed by atoms with E-state index in [-0.39, 0.29) is 5.56 Å². The molecular weight excluding hydrogens is 217 g/mol. The number of alkyl halides is 3. The highest BCUT2D eigenvalue weighted by atomic mass is 19.4. The Balaban J connectivity index is 2.88. The van der Waals surface area contributed by atoms with Gasteiger partial charge in [-0.15, -0.1) is 0 Å². The predicted molar refractivity (Wildman–Crippen MR) is 55.8 cm³/mol. The van der Waals surface area contributed by atoms with Crippen LogP contribution >= 0.6 is 0 Å². The van der Waals surface area contributed by atoms with Gasteiger partial charge in [0.2, 0.25) is 0 Å². The lowest BCUT2D eigenvalue weighted by atomic mass is 9.95. The number of hydrogen-bond donors (Lipinski definition) is 1. The van der Waals surface area contributed by atoms with Crippen molar-refractivity contribution in [3.05, 3.63) is 29.6 Å². The molecule has 5 heteroatoms. The molecule has 0 aliphatic rings. The van der Waals surface area contributed by atoms with Gasteiger partial charge in [-0.05, 0) is 38.3 Å². The molecule has 1 aromatic rings. The van der Waals surface area contributed by atoms with Crippen molar-refractivity contribution in [1.29, 1.82) is 0 Å². The number of aryl methyl sites for hydroxylation is 1. The predicted octanol–water partition coefficient (Wildman–Crippen LogP) is 2.77. The lowest BCUT2D eigenvalue weighted by Gasteiger charge is -2.19. The van der Waals surface area contributed by atoms with Crippen LogP contribution in [0, 0.1) is 0 Å². The molecule has 0 saturated carbocycles. The van der Waals surface area contributed by atoms with Crippen LogP contribution in [0.15, 0.2) is 18.5 Å². The molecule has 16 heavy (non-hydrogen) atoms. The summed E-state index contributed by atoms with van der Waals surface area (Å²) in [5.41, 5.74) is 4.86. The smallest absolute Gasteiger partial charge is 0.326 e. The van der Waals surface area contributed by atoms with Crippen molar-refractivity contribution in [2.75, 3.05) is 0 Å². The summed E-state index contributed by atoms with van der Waals surface area (Å²) in [7, 11) is 0. The third kappa shape index (κ3) is 3.81. The molecule has 90 valence electrons. The van der Waals surface area contributed by atoms with E-state index in [1.165, 1.54) is 12.3 Å². The van der Waals surface area contributed by atoms with Crippen molar-refractivity contribution in [2.24, 2.45) is 5.73 Å². The Morgan fingerprint density at radius 3 is 2.44 bits per heavy atom. The fourth-order valence-electron chi connectivity index (χ4n) is 1.35. The van der Waals surface area contributed by atoms with E-state index < -0.39 is 17.3 Å². The highest BCUT2D eigenvalue weighted by Crippen LogP contribution is 2.32. The van der Waals surface area contributed by atoms with Gasteiger partial charge in [-0.2, -0.15) is 13.2 Å². The normalized spacial score (nSPS) is 12.9. The minimum atomic E-state index is -4.34. The number of pyridine rings is 1. The quantitative estimate of drug-likeness (QED) is 0.870.